The maximum absolute atomic E-state index is 14.3. The minimum Gasteiger partial charge on any atom is -0.461 e. The Balaban J connectivity index is 2.04. The first-order valence-electron chi connectivity index (χ1n) is 16.8. The van der Waals surface area contributed by atoms with Gasteiger partial charge in [0.15, 0.2) is 0 Å². The van der Waals surface area contributed by atoms with Crippen molar-refractivity contribution in [1.29, 1.82) is 0 Å². The van der Waals surface area contributed by atoms with Gasteiger partial charge in [-0.1, -0.05) is 71.9 Å². The first-order chi connectivity index (χ1) is 22.1. The molecule has 12 nitrogen and oxygen atoms in total. The molecule has 0 radical (unpaired) electrons. The van der Waals surface area contributed by atoms with Gasteiger partial charge in [-0.3, -0.25) is 28.8 Å². The van der Waals surface area contributed by atoms with Gasteiger partial charge >= 0.3 is 5.97 Å². The maximum atomic E-state index is 14.3. The Bertz CT molecular complexity index is 1280. The lowest BCUT2D eigenvalue weighted by atomic mass is 9.96. The highest BCUT2D eigenvalue weighted by Crippen LogP contribution is 2.23. The topological polar surface area (TPSA) is 145 Å². The molecule has 5 atom stereocenters. The molecular formula is C35H53N5O7. The third kappa shape index (κ3) is 9.54. The standard InChI is InChI=1S/C35H53N5O7/c1-21(2)27-20-28(41)40-18-12-15-26(40)32(43)37-25(19-24-13-10-9-11-14-24)34(45)39(8)31(23(5)6)35(46)38(7)30(22(3)4)33(44)36-17-16-29(42)47-27/h9-11,13-14,21-23,25-27,30-31H,12,15-20H2,1-8H3,(H,36,44)(H,37,43)/t25?,26-,27?,30?,31-/m0/s1. The molecule has 5 amide bonds. The van der Waals surface area contributed by atoms with Crippen LogP contribution in [0.3, 0.4) is 0 Å². The van der Waals surface area contributed by atoms with Crippen molar-refractivity contribution in [3.05, 3.63) is 35.9 Å². The van der Waals surface area contributed by atoms with Gasteiger partial charge in [0.25, 0.3) is 0 Å². The molecule has 2 aliphatic heterocycles. The molecule has 0 saturated carbocycles. The number of esters is 1. The number of rotatable bonds is 5. The number of ether oxygens (including phenoxy) is 1. The number of nitrogens with zero attached hydrogens (tertiary/aromatic N) is 3. The zero-order valence-electron chi connectivity index (χ0n) is 29.2. The highest BCUT2D eigenvalue weighted by atomic mass is 16.5. The maximum Gasteiger partial charge on any atom is 0.307 e. The van der Waals surface area contributed by atoms with Crippen LogP contribution < -0.4 is 10.6 Å². The van der Waals surface area contributed by atoms with Crippen molar-refractivity contribution in [2.75, 3.05) is 27.2 Å². The Labute approximate surface area is 278 Å². The fourth-order valence-corrected chi connectivity index (χ4v) is 6.53. The first-order valence-corrected chi connectivity index (χ1v) is 16.8. The van der Waals surface area contributed by atoms with E-state index in [0.29, 0.717) is 19.4 Å². The summed E-state index contributed by atoms with van der Waals surface area (Å²) in [6.07, 6.45) is 0.289. The quantitative estimate of drug-likeness (QED) is 0.463. The van der Waals surface area contributed by atoms with Crippen molar-refractivity contribution in [2.45, 2.75) is 104 Å². The van der Waals surface area contributed by atoms with Crippen LogP contribution in [-0.4, -0.2) is 108 Å². The van der Waals surface area contributed by atoms with E-state index in [4.69, 9.17) is 4.74 Å². The van der Waals surface area contributed by atoms with Gasteiger partial charge in [-0.2, -0.15) is 0 Å². The number of likely N-dealkylation sites (N-methyl/N-ethyl adjacent to an activating group) is 2. The van der Waals surface area contributed by atoms with Crippen LogP contribution in [-0.2, 0) is 39.9 Å². The van der Waals surface area contributed by atoms with Crippen molar-refractivity contribution in [2.24, 2.45) is 17.8 Å². The van der Waals surface area contributed by atoms with Crippen molar-refractivity contribution < 1.29 is 33.5 Å². The van der Waals surface area contributed by atoms with Crippen LogP contribution >= 0.6 is 0 Å². The smallest absolute Gasteiger partial charge is 0.307 e. The van der Waals surface area contributed by atoms with E-state index in [1.807, 2.05) is 71.9 Å². The van der Waals surface area contributed by atoms with Crippen LogP contribution in [0, 0.1) is 17.8 Å². The van der Waals surface area contributed by atoms with Crippen molar-refractivity contribution in [3.63, 3.8) is 0 Å². The minimum absolute atomic E-state index is 0.0107. The summed E-state index contributed by atoms with van der Waals surface area (Å²) in [5.74, 6) is -3.41. The monoisotopic (exact) mass is 655 g/mol. The summed E-state index contributed by atoms with van der Waals surface area (Å²) in [5, 5.41) is 5.69. The van der Waals surface area contributed by atoms with Crippen molar-refractivity contribution in [1.82, 2.24) is 25.3 Å². The average molecular weight is 656 g/mol. The van der Waals surface area contributed by atoms with Crippen LogP contribution in [0.5, 0.6) is 0 Å². The molecule has 2 aliphatic rings. The molecule has 0 aromatic heterocycles. The molecule has 0 aliphatic carbocycles. The van der Waals surface area contributed by atoms with E-state index < -0.39 is 59.9 Å². The SMILES string of the molecule is CC(C)C1CC(=O)N2CCC[C@H]2C(=O)NC(Cc2ccccc2)C(=O)N(C)[C@@H](C(C)C)C(=O)N(C)C(C(C)C)C(=O)NCCC(=O)O1. The van der Waals surface area contributed by atoms with Gasteiger partial charge < -0.3 is 30.1 Å². The molecule has 2 fully saturated rings. The number of carbonyl (C=O) groups is 6. The van der Waals surface area contributed by atoms with Crippen molar-refractivity contribution in [3.8, 4) is 0 Å². The second-order valence-electron chi connectivity index (χ2n) is 13.8. The Hall–Kier alpha value is -3.96. The van der Waals surface area contributed by atoms with Gasteiger partial charge in [-0.25, -0.2) is 0 Å². The van der Waals surface area contributed by atoms with Gasteiger partial charge in [0.05, 0.1) is 12.8 Å². The Morgan fingerprint density at radius 2 is 1.43 bits per heavy atom. The summed E-state index contributed by atoms with van der Waals surface area (Å²) in [6, 6.07) is 5.66. The predicted octanol–water partition coefficient (Wildman–Crippen LogP) is 2.15. The fraction of sp³-hybridized carbons (Fsp3) is 0.657. The van der Waals surface area contributed by atoms with E-state index in [1.54, 1.807) is 14.1 Å². The van der Waals surface area contributed by atoms with Gasteiger partial charge in [-0.15, -0.1) is 0 Å². The lowest BCUT2D eigenvalue weighted by Crippen LogP contribution is -2.61. The molecule has 1 aromatic carbocycles. The molecule has 0 bridgehead atoms. The van der Waals surface area contributed by atoms with Gasteiger partial charge in [0, 0.05) is 33.6 Å². The van der Waals surface area contributed by atoms with E-state index >= 15 is 0 Å². The minimum atomic E-state index is -1.02. The van der Waals surface area contributed by atoms with E-state index in [2.05, 4.69) is 10.6 Å². The van der Waals surface area contributed by atoms with Gasteiger partial charge in [-0.05, 0) is 36.2 Å². The van der Waals surface area contributed by atoms with E-state index in [9.17, 15) is 28.8 Å². The fourth-order valence-electron chi connectivity index (χ4n) is 6.53. The third-order valence-electron chi connectivity index (χ3n) is 9.12. The molecule has 12 heteroatoms. The largest absolute Gasteiger partial charge is 0.461 e. The Morgan fingerprint density at radius 3 is 2.02 bits per heavy atom. The molecule has 1 aromatic rings. The summed E-state index contributed by atoms with van der Waals surface area (Å²) in [7, 11) is 3.09. The number of carbonyl (C=O) groups excluding carboxylic acids is 6. The van der Waals surface area contributed by atoms with E-state index in [0.717, 1.165) is 5.56 Å². The van der Waals surface area contributed by atoms with Crippen LogP contribution in [0.4, 0.5) is 0 Å². The number of cyclic esters (lactones) is 1. The highest BCUT2D eigenvalue weighted by molar-refractivity contribution is 5.96. The second-order valence-corrected chi connectivity index (χ2v) is 13.8. The predicted molar refractivity (Wildman–Crippen MR) is 177 cm³/mol. The highest BCUT2D eigenvalue weighted by Gasteiger charge is 2.41. The molecular weight excluding hydrogens is 602 g/mol. The molecule has 260 valence electrons. The molecule has 3 rings (SSSR count). The van der Waals surface area contributed by atoms with Gasteiger partial charge in [0.2, 0.25) is 29.5 Å². The van der Waals surface area contributed by atoms with Crippen LogP contribution in [0.25, 0.3) is 0 Å². The summed E-state index contributed by atoms with van der Waals surface area (Å²) < 4.78 is 5.68. The van der Waals surface area contributed by atoms with E-state index in [-0.39, 0.29) is 49.5 Å². The first kappa shape index (κ1) is 37.5. The number of fused-ring (bicyclic) bond motifs is 1. The number of hydrogen-bond acceptors (Lipinski definition) is 7. The van der Waals surface area contributed by atoms with Gasteiger partial charge in [0.1, 0.15) is 30.3 Å². The normalized spacial score (nSPS) is 26.4. The summed E-state index contributed by atoms with van der Waals surface area (Å²) in [5.41, 5.74) is 0.816. The number of hydrogen-bond donors (Lipinski definition) is 2. The lowest BCUT2D eigenvalue weighted by molar-refractivity contribution is -0.155. The zero-order chi connectivity index (χ0) is 35.0. The summed E-state index contributed by atoms with van der Waals surface area (Å²) >= 11 is 0. The van der Waals surface area contributed by atoms with Crippen LogP contribution in [0.15, 0.2) is 30.3 Å². The molecule has 0 spiro atoms. The molecule has 2 heterocycles. The average Bonchev–Trinajstić information content (AvgIpc) is 3.50. The number of nitrogens with one attached hydrogen (secondary N) is 2. The molecule has 2 N–H and O–H groups in total. The van der Waals surface area contributed by atoms with Crippen LogP contribution in [0.2, 0.25) is 0 Å². The lowest BCUT2D eigenvalue weighted by Gasteiger charge is -2.38. The number of amides is 5. The zero-order valence-corrected chi connectivity index (χ0v) is 29.2. The van der Waals surface area contributed by atoms with Crippen molar-refractivity contribution >= 4 is 35.5 Å². The third-order valence-corrected chi connectivity index (χ3v) is 9.12. The molecule has 3 unspecified atom stereocenters. The van der Waals surface area contributed by atoms with Crippen LogP contribution in [0.1, 0.15) is 72.8 Å². The Kier molecular flexibility index (Phi) is 13.4. The second kappa shape index (κ2) is 16.7. The molecule has 47 heavy (non-hydrogen) atoms. The molecule has 2 saturated heterocycles. The summed E-state index contributed by atoms with van der Waals surface area (Å²) in [6.45, 7) is 11.3. The summed E-state index contributed by atoms with van der Waals surface area (Å²) in [4.78, 5) is 86.2. The Morgan fingerprint density at radius 1 is 0.809 bits per heavy atom. The van der Waals surface area contributed by atoms with E-state index in [1.165, 1.54) is 14.7 Å². The number of benzene rings is 1.